The van der Waals surface area contributed by atoms with Crippen LogP contribution < -0.4 is 10.6 Å². The van der Waals surface area contributed by atoms with Gasteiger partial charge in [0.2, 0.25) is 5.82 Å². The summed E-state index contributed by atoms with van der Waals surface area (Å²) in [5.74, 6) is 2.13. The summed E-state index contributed by atoms with van der Waals surface area (Å²) in [5, 5.41) is 4.37. The molecule has 3 heterocycles. The average molecular weight is 396 g/mol. The van der Waals surface area contributed by atoms with Crippen LogP contribution in [0.2, 0.25) is 0 Å². The second-order valence-electron chi connectivity index (χ2n) is 6.56. The Morgan fingerprint density at radius 2 is 2.03 bits per heavy atom. The summed E-state index contributed by atoms with van der Waals surface area (Å²) in [5.41, 5.74) is 7.18. The van der Waals surface area contributed by atoms with E-state index in [9.17, 15) is 4.39 Å². The van der Waals surface area contributed by atoms with Gasteiger partial charge < -0.3 is 19.8 Å². The predicted molar refractivity (Wildman–Crippen MR) is 107 cm³/mol. The maximum atomic E-state index is 13.3. The number of ether oxygens (including phenoxy) is 1. The zero-order valence-corrected chi connectivity index (χ0v) is 16.0. The SMILES string of the molecule is COCCCN(Cc1ccc(F)cc1)c1cc(N)n2nc(-c3ccco3)nc2n1. The molecule has 0 spiro atoms. The van der Waals surface area contributed by atoms with Gasteiger partial charge in [0.05, 0.1) is 6.26 Å². The van der Waals surface area contributed by atoms with E-state index in [0.29, 0.717) is 48.7 Å². The topological polar surface area (TPSA) is 94.7 Å². The van der Waals surface area contributed by atoms with E-state index >= 15 is 0 Å². The zero-order chi connectivity index (χ0) is 20.2. The van der Waals surface area contributed by atoms with Gasteiger partial charge in [0, 0.05) is 32.9 Å². The second-order valence-corrected chi connectivity index (χ2v) is 6.56. The molecule has 0 bridgehead atoms. The van der Waals surface area contributed by atoms with Gasteiger partial charge in [-0.05, 0) is 36.2 Å². The van der Waals surface area contributed by atoms with E-state index in [2.05, 4.69) is 20.0 Å². The van der Waals surface area contributed by atoms with Crippen LogP contribution in [0.15, 0.2) is 53.1 Å². The van der Waals surface area contributed by atoms with Crippen molar-refractivity contribution < 1.29 is 13.5 Å². The summed E-state index contributed by atoms with van der Waals surface area (Å²) in [6, 6.07) is 11.7. The van der Waals surface area contributed by atoms with Crippen LogP contribution in [0, 0.1) is 5.82 Å². The highest BCUT2D eigenvalue weighted by molar-refractivity contribution is 5.57. The Balaban J connectivity index is 1.67. The Bertz CT molecular complexity index is 1080. The molecular weight excluding hydrogens is 375 g/mol. The molecule has 0 atom stereocenters. The first-order valence-electron chi connectivity index (χ1n) is 9.19. The number of fused-ring (bicyclic) bond motifs is 1. The number of nitrogens with zero attached hydrogens (tertiary/aromatic N) is 5. The Morgan fingerprint density at radius 1 is 1.21 bits per heavy atom. The van der Waals surface area contributed by atoms with Crippen LogP contribution in [-0.4, -0.2) is 39.8 Å². The smallest absolute Gasteiger partial charge is 0.256 e. The lowest BCUT2D eigenvalue weighted by atomic mass is 10.2. The second kappa shape index (κ2) is 8.27. The zero-order valence-electron chi connectivity index (χ0n) is 16.0. The molecule has 1 aromatic carbocycles. The van der Waals surface area contributed by atoms with E-state index in [1.165, 1.54) is 16.6 Å². The molecule has 29 heavy (non-hydrogen) atoms. The van der Waals surface area contributed by atoms with Gasteiger partial charge in [-0.3, -0.25) is 0 Å². The van der Waals surface area contributed by atoms with Gasteiger partial charge in [0.15, 0.2) is 5.76 Å². The van der Waals surface area contributed by atoms with Gasteiger partial charge in [-0.1, -0.05) is 12.1 Å². The minimum atomic E-state index is -0.266. The van der Waals surface area contributed by atoms with Crippen molar-refractivity contribution in [2.75, 3.05) is 30.9 Å². The van der Waals surface area contributed by atoms with Crippen LogP contribution in [0.5, 0.6) is 0 Å². The normalized spacial score (nSPS) is 11.2. The molecule has 0 fully saturated rings. The lowest BCUT2D eigenvalue weighted by Gasteiger charge is -2.24. The number of nitrogen functional groups attached to an aromatic ring is 1. The molecule has 4 aromatic rings. The Hall–Kier alpha value is -3.46. The highest BCUT2D eigenvalue weighted by Gasteiger charge is 2.16. The fourth-order valence-corrected chi connectivity index (χ4v) is 3.03. The monoisotopic (exact) mass is 396 g/mol. The van der Waals surface area contributed by atoms with Gasteiger partial charge >= 0.3 is 0 Å². The van der Waals surface area contributed by atoms with Crippen molar-refractivity contribution >= 4 is 17.4 Å². The molecule has 2 N–H and O–H groups in total. The highest BCUT2D eigenvalue weighted by Crippen LogP contribution is 2.22. The largest absolute Gasteiger partial charge is 0.461 e. The van der Waals surface area contributed by atoms with Crippen LogP contribution >= 0.6 is 0 Å². The van der Waals surface area contributed by atoms with E-state index in [4.69, 9.17) is 14.9 Å². The lowest BCUT2D eigenvalue weighted by molar-refractivity contribution is 0.196. The quantitative estimate of drug-likeness (QED) is 0.457. The first-order chi connectivity index (χ1) is 14.1. The number of halogens is 1. The van der Waals surface area contributed by atoms with Crippen LogP contribution in [0.4, 0.5) is 16.0 Å². The van der Waals surface area contributed by atoms with Crippen LogP contribution in [0.1, 0.15) is 12.0 Å². The fourth-order valence-electron chi connectivity index (χ4n) is 3.03. The molecule has 3 aromatic heterocycles. The number of aromatic nitrogens is 4. The Labute approximate surface area is 166 Å². The molecule has 0 saturated carbocycles. The van der Waals surface area contributed by atoms with Crippen molar-refractivity contribution in [3.8, 4) is 11.6 Å². The lowest BCUT2D eigenvalue weighted by Crippen LogP contribution is -2.26. The number of hydrogen-bond acceptors (Lipinski definition) is 7. The minimum absolute atomic E-state index is 0.266. The average Bonchev–Trinajstić information content (AvgIpc) is 3.38. The van der Waals surface area contributed by atoms with Crippen molar-refractivity contribution in [2.24, 2.45) is 0 Å². The number of anilines is 2. The van der Waals surface area contributed by atoms with Crippen molar-refractivity contribution in [3.05, 3.63) is 60.1 Å². The third-order valence-electron chi connectivity index (χ3n) is 4.45. The van der Waals surface area contributed by atoms with E-state index in [1.54, 1.807) is 43.7 Å². The highest BCUT2D eigenvalue weighted by atomic mass is 19.1. The fraction of sp³-hybridized carbons (Fsp3) is 0.250. The summed E-state index contributed by atoms with van der Waals surface area (Å²) >= 11 is 0. The standard InChI is InChI=1S/C20H21FN6O2/c1-28-10-3-9-26(13-14-5-7-15(21)8-6-14)18-12-17(22)27-20(23-18)24-19(25-27)16-4-2-11-29-16/h2,4-8,11-12H,3,9-10,13,22H2,1H3. The molecule has 4 rings (SSSR count). The van der Waals surface area contributed by atoms with Crippen LogP contribution in [-0.2, 0) is 11.3 Å². The number of methoxy groups -OCH3 is 1. The molecular formula is C20H21FN6O2. The molecule has 150 valence electrons. The maximum absolute atomic E-state index is 13.3. The molecule has 0 unspecified atom stereocenters. The molecule has 0 aliphatic heterocycles. The number of rotatable bonds is 8. The van der Waals surface area contributed by atoms with Crippen molar-refractivity contribution in [1.82, 2.24) is 19.6 Å². The molecule has 0 aliphatic rings. The van der Waals surface area contributed by atoms with Crippen molar-refractivity contribution in [2.45, 2.75) is 13.0 Å². The summed E-state index contributed by atoms with van der Waals surface area (Å²) in [6.45, 7) is 1.85. The van der Waals surface area contributed by atoms with Crippen molar-refractivity contribution in [3.63, 3.8) is 0 Å². The van der Waals surface area contributed by atoms with Crippen LogP contribution in [0.25, 0.3) is 17.4 Å². The third-order valence-corrected chi connectivity index (χ3v) is 4.45. The van der Waals surface area contributed by atoms with Gasteiger partial charge in [0.25, 0.3) is 5.78 Å². The summed E-state index contributed by atoms with van der Waals surface area (Å²) < 4.78 is 25.3. The van der Waals surface area contributed by atoms with E-state index in [-0.39, 0.29) is 5.82 Å². The summed E-state index contributed by atoms with van der Waals surface area (Å²) in [6.07, 6.45) is 2.36. The minimum Gasteiger partial charge on any atom is -0.461 e. The van der Waals surface area contributed by atoms with Gasteiger partial charge in [0.1, 0.15) is 17.5 Å². The molecule has 0 saturated heterocycles. The van der Waals surface area contributed by atoms with E-state index < -0.39 is 0 Å². The summed E-state index contributed by atoms with van der Waals surface area (Å²) in [4.78, 5) is 11.1. The number of hydrogen-bond donors (Lipinski definition) is 1. The van der Waals surface area contributed by atoms with Gasteiger partial charge in [-0.2, -0.15) is 14.5 Å². The molecule has 8 nitrogen and oxygen atoms in total. The Morgan fingerprint density at radius 3 is 2.76 bits per heavy atom. The first kappa shape index (κ1) is 18.9. The molecule has 0 radical (unpaired) electrons. The number of nitrogens with two attached hydrogens (primary N) is 1. The van der Waals surface area contributed by atoms with E-state index in [1.807, 2.05) is 0 Å². The Kier molecular flexibility index (Phi) is 5.39. The predicted octanol–water partition coefficient (Wildman–Crippen LogP) is 3.15. The molecule has 9 heteroatoms. The molecule has 0 amide bonds. The van der Waals surface area contributed by atoms with Crippen LogP contribution in [0.3, 0.4) is 0 Å². The van der Waals surface area contributed by atoms with Gasteiger partial charge in [-0.15, -0.1) is 5.10 Å². The van der Waals surface area contributed by atoms with Crippen molar-refractivity contribution in [1.29, 1.82) is 0 Å². The number of benzene rings is 1. The third kappa shape index (κ3) is 4.19. The molecule has 0 aliphatic carbocycles. The first-order valence-corrected chi connectivity index (χ1v) is 9.19. The maximum Gasteiger partial charge on any atom is 0.256 e. The summed E-state index contributed by atoms with van der Waals surface area (Å²) in [7, 11) is 1.67. The van der Waals surface area contributed by atoms with E-state index in [0.717, 1.165) is 12.0 Å². The number of furan rings is 1. The van der Waals surface area contributed by atoms with Gasteiger partial charge in [-0.25, -0.2) is 4.39 Å².